The SMILES string of the molecule is C/C=C/CC(NC(=O)c1ccc(S(=O)(=O)N2CCNC(=O)C2)cc1)C(=O)O. The van der Waals surface area contributed by atoms with E-state index in [1.165, 1.54) is 24.3 Å². The van der Waals surface area contributed by atoms with Crippen LogP contribution in [0.5, 0.6) is 0 Å². The molecule has 146 valence electrons. The van der Waals surface area contributed by atoms with Gasteiger partial charge in [-0.2, -0.15) is 4.31 Å². The number of carboxylic acid groups (broad SMARTS) is 1. The van der Waals surface area contributed by atoms with Crippen LogP contribution in [0.15, 0.2) is 41.3 Å². The Balaban J connectivity index is 2.12. The molecule has 1 atom stereocenters. The zero-order chi connectivity index (χ0) is 20.0. The molecule has 0 saturated carbocycles. The van der Waals surface area contributed by atoms with Crippen LogP contribution in [-0.2, 0) is 19.6 Å². The summed E-state index contributed by atoms with van der Waals surface area (Å²) in [6.07, 6.45) is 3.45. The van der Waals surface area contributed by atoms with Gasteiger partial charge in [0.2, 0.25) is 15.9 Å². The number of aliphatic carboxylic acids is 1. The lowest BCUT2D eigenvalue weighted by Gasteiger charge is -2.25. The third-order valence-corrected chi connectivity index (χ3v) is 5.83. The number of amides is 2. The van der Waals surface area contributed by atoms with E-state index in [0.29, 0.717) is 0 Å². The molecule has 1 aromatic carbocycles. The molecule has 1 aliphatic rings. The van der Waals surface area contributed by atoms with Crippen LogP contribution in [0.25, 0.3) is 0 Å². The molecule has 0 aliphatic carbocycles. The molecule has 9 nitrogen and oxygen atoms in total. The third-order valence-electron chi connectivity index (χ3n) is 3.97. The van der Waals surface area contributed by atoms with Crippen LogP contribution < -0.4 is 10.6 Å². The highest BCUT2D eigenvalue weighted by molar-refractivity contribution is 7.89. The Morgan fingerprint density at radius 2 is 2.00 bits per heavy atom. The van der Waals surface area contributed by atoms with Crippen molar-refractivity contribution in [2.75, 3.05) is 19.6 Å². The standard InChI is InChI=1S/C17H21N3O6S/c1-2-3-4-14(17(23)24)19-16(22)12-5-7-13(8-6-12)27(25,26)20-10-9-18-15(21)11-20/h2-3,5-8,14H,4,9-11H2,1H3,(H,18,21)(H,19,22)(H,23,24)/b3-2+. The molecule has 0 spiro atoms. The van der Waals surface area contributed by atoms with E-state index in [4.69, 9.17) is 5.11 Å². The number of sulfonamides is 1. The molecule has 3 N–H and O–H groups in total. The van der Waals surface area contributed by atoms with E-state index in [1.807, 2.05) is 0 Å². The minimum atomic E-state index is -3.85. The lowest BCUT2D eigenvalue weighted by molar-refractivity contribution is -0.139. The smallest absolute Gasteiger partial charge is 0.326 e. The van der Waals surface area contributed by atoms with Crippen LogP contribution >= 0.6 is 0 Å². The first-order valence-electron chi connectivity index (χ1n) is 8.27. The fourth-order valence-electron chi connectivity index (χ4n) is 2.48. The molecule has 10 heteroatoms. The van der Waals surface area contributed by atoms with Gasteiger partial charge in [-0.05, 0) is 37.6 Å². The Kier molecular flexibility index (Phi) is 6.70. The molecular formula is C17H21N3O6S. The summed E-state index contributed by atoms with van der Waals surface area (Å²) in [5.41, 5.74) is 0.136. The maximum absolute atomic E-state index is 12.6. The highest BCUT2D eigenvalue weighted by Crippen LogP contribution is 2.17. The summed E-state index contributed by atoms with van der Waals surface area (Å²) in [6.45, 7) is 1.89. The van der Waals surface area contributed by atoms with Crippen molar-refractivity contribution in [2.24, 2.45) is 0 Å². The summed E-state index contributed by atoms with van der Waals surface area (Å²) in [4.78, 5) is 34.8. The Morgan fingerprint density at radius 1 is 1.33 bits per heavy atom. The van der Waals surface area contributed by atoms with E-state index in [9.17, 15) is 22.8 Å². The zero-order valence-corrected chi connectivity index (χ0v) is 15.5. The second-order valence-corrected chi connectivity index (χ2v) is 7.82. The average molecular weight is 395 g/mol. The highest BCUT2D eigenvalue weighted by atomic mass is 32.2. The maximum Gasteiger partial charge on any atom is 0.326 e. The Labute approximate surface area is 157 Å². The van der Waals surface area contributed by atoms with Crippen molar-refractivity contribution in [2.45, 2.75) is 24.3 Å². The monoisotopic (exact) mass is 395 g/mol. The summed E-state index contributed by atoms with van der Waals surface area (Å²) in [5, 5.41) is 14.1. The molecule has 1 saturated heterocycles. The minimum Gasteiger partial charge on any atom is -0.480 e. The number of carboxylic acids is 1. The van der Waals surface area contributed by atoms with Crippen LogP contribution in [0.3, 0.4) is 0 Å². The molecule has 1 heterocycles. The van der Waals surface area contributed by atoms with E-state index >= 15 is 0 Å². The van der Waals surface area contributed by atoms with Crippen molar-refractivity contribution in [3.8, 4) is 0 Å². The molecule has 0 aromatic heterocycles. The maximum atomic E-state index is 12.6. The minimum absolute atomic E-state index is 0.0440. The number of nitrogens with one attached hydrogen (secondary N) is 2. The van der Waals surface area contributed by atoms with Gasteiger partial charge < -0.3 is 15.7 Å². The van der Waals surface area contributed by atoms with E-state index in [0.717, 1.165) is 4.31 Å². The van der Waals surface area contributed by atoms with E-state index in [2.05, 4.69) is 10.6 Å². The highest BCUT2D eigenvalue weighted by Gasteiger charge is 2.29. The number of nitrogens with zero attached hydrogens (tertiary/aromatic N) is 1. The second-order valence-electron chi connectivity index (χ2n) is 5.88. The number of hydrogen-bond donors (Lipinski definition) is 3. The van der Waals surface area contributed by atoms with Gasteiger partial charge in [0.25, 0.3) is 5.91 Å². The summed E-state index contributed by atoms with van der Waals surface area (Å²) < 4.78 is 26.2. The van der Waals surface area contributed by atoms with Gasteiger partial charge in [0, 0.05) is 18.7 Å². The predicted octanol–water partition coefficient (Wildman–Crippen LogP) is -0.0437. The van der Waals surface area contributed by atoms with Crippen LogP contribution in [0.1, 0.15) is 23.7 Å². The molecule has 0 radical (unpaired) electrons. The van der Waals surface area contributed by atoms with Gasteiger partial charge in [-0.25, -0.2) is 13.2 Å². The lowest BCUT2D eigenvalue weighted by atomic mass is 10.1. The zero-order valence-electron chi connectivity index (χ0n) is 14.7. The summed E-state index contributed by atoms with van der Waals surface area (Å²) in [6, 6.07) is 4.06. The predicted molar refractivity (Wildman–Crippen MR) is 96.5 cm³/mol. The summed E-state index contributed by atoms with van der Waals surface area (Å²) in [7, 11) is -3.85. The fraction of sp³-hybridized carbons (Fsp3) is 0.353. The van der Waals surface area contributed by atoms with Crippen molar-refractivity contribution >= 4 is 27.8 Å². The number of benzene rings is 1. The number of hydrogen-bond acceptors (Lipinski definition) is 5. The topological polar surface area (TPSA) is 133 Å². The third kappa shape index (κ3) is 5.14. The molecular weight excluding hydrogens is 374 g/mol. The number of carbonyl (C=O) groups excluding carboxylic acids is 2. The van der Waals surface area contributed by atoms with Crippen molar-refractivity contribution in [1.82, 2.24) is 14.9 Å². The van der Waals surface area contributed by atoms with E-state index in [-0.39, 0.29) is 42.4 Å². The van der Waals surface area contributed by atoms with Gasteiger partial charge in [-0.1, -0.05) is 12.2 Å². The first-order chi connectivity index (χ1) is 12.8. The molecule has 2 rings (SSSR count). The Hall–Kier alpha value is -2.72. The molecule has 27 heavy (non-hydrogen) atoms. The van der Waals surface area contributed by atoms with Gasteiger partial charge in [0.15, 0.2) is 0 Å². The van der Waals surface area contributed by atoms with Crippen molar-refractivity contribution in [3.63, 3.8) is 0 Å². The van der Waals surface area contributed by atoms with Crippen LogP contribution in [0.4, 0.5) is 0 Å². The molecule has 0 bridgehead atoms. The number of allylic oxidation sites excluding steroid dienone is 1. The summed E-state index contributed by atoms with van der Waals surface area (Å²) in [5.74, 6) is -2.15. The summed E-state index contributed by atoms with van der Waals surface area (Å²) >= 11 is 0. The number of rotatable bonds is 7. The first kappa shape index (κ1) is 20.6. The normalized spacial score (nSPS) is 16.7. The Morgan fingerprint density at radius 3 is 2.56 bits per heavy atom. The molecule has 1 unspecified atom stereocenters. The van der Waals surface area contributed by atoms with Gasteiger partial charge in [0.05, 0.1) is 11.4 Å². The number of carbonyl (C=O) groups is 3. The van der Waals surface area contributed by atoms with Crippen LogP contribution in [-0.4, -0.2) is 61.3 Å². The van der Waals surface area contributed by atoms with Crippen molar-refractivity contribution < 1.29 is 27.9 Å². The van der Waals surface area contributed by atoms with Gasteiger partial charge in [0.1, 0.15) is 6.04 Å². The van der Waals surface area contributed by atoms with Crippen molar-refractivity contribution in [1.29, 1.82) is 0 Å². The second kappa shape index (κ2) is 8.78. The van der Waals surface area contributed by atoms with E-state index < -0.39 is 27.9 Å². The van der Waals surface area contributed by atoms with Crippen molar-refractivity contribution in [3.05, 3.63) is 42.0 Å². The first-order valence-corrected chi connectivity index (χ1v) is 9.71. The lowest BCUT2D eigenvalue weighted by Crippen LogP contribution is -2.49. The van der Waals surface area contributed by atoms with E-state index in [1.54, 1.807) is 19.1 Å². The Bertz CT molecular complexity index is 848. The molecule has 1 aliphatic heterocycles. The quantitative estimate of drug-likeness (QED) is 0.555. The molecule has 2 amide bonds. The largest absolute Gasteiger partial charge is 0.480 e. The molecule has 1 aromatic rings. The van der Waals surface area contributed by atoms with Gasteiger partial charge >= 0.3 is 5.97 Å². The fourth-order valence-corrected chi connectivity index (χ4v) is 3.88. The number of piperazine rings is 1. The average Bonchev–Trinajstić information content (AvgIpc) is 2.64. The van der Waals surface area contributed by atoms with Gasteiger partial charge in [-0.3, -0.25) is 9.59 Å². The van der Waals surface area contributed by atoms with Crippen LogP contribution in [0.2, 0.25) is 0 Å². The molecule has 1 fully saturated rings. The van der Waals surface area contributed by atoms with Gasteiger partial charge in [-0.15, -0.1) is 0 Å². The van der Waals surface area contributed by atoms with Crippen LogP contribution in [0, 0.1) is 0 Å².